The van der Waals surface area contributed by atoms with E-state index in [9.17, 15) is 4.79 Å². The van der Waals surface area contributed by atoms with E-state index in [1.165, 1.54) is 0 Å². The molecule has 0 spiro atoms. The molecule has 2 aromatic rings. The van der Waals surface area contributed by atoms with Gasteiger partial charge in [0.1, 0.15) is 11.3 Å². The van der Waals surface area contributed by atoms with E-state index in [0.717, 1.165) is 11.0 Å². The Bertz CT molecular complexity index is 580. The maximum absolute atomic E-state index is 11.7. The number of ether oxygens (including phenoxy) is 1. The highest BCUT2D eigenvalue weighted by molar-refractivity contribution is 5.86. The molecule has 0 saturated heterocycles. The monoisotopic (exact) mass is 207 g/mol. The van der Waals surface area contributed by atoms with E-state index in [4.69, 9.17) is 10.5 Å². The van der Waals surface area contributed by atoms with Gasteiger partial charge in [0.25, 0.3) is 0 Å². The van der Waals surface area contributed by atoms with Gasteiger partial charge in [0.15, 0.2) is 0 Å². The molecule has 5 nitrogen and oxygen atoms in total. The Morgan fingerprint density at radius 2 is 1.93 bits per heavy atom. The molecule has 0 radical (unpaired) electrons. The van der Waals surface area contributed by atoms with E-state index in [1.54, 1.807) is 42.5 Å². The summed E-state index contributed by atoms with van der Waals surface area (Å²) in [5.74, 6) is 0.616. The lowest BCUT2D eigenvalue weighted by molar-refractivity contribution is 0.418. The van der Waals surface area contributed by atoms with E-state index in [-0.39, 0.29) is 5.69 Å². The van der Waals surface area contributed by atoms with E-state index in [1.807, 2.05) is 0 Å². The second-order valence-electron chi connectivity index (χ2n) is 3.49. The first-order chi connectivity index (χ1) is 7.06. The lowest BCUT2D eigenvalue weighted by atomic mass is 10.2. The number of nitrogens with zero attached hydrogens (tertiary/aromatic N) is 2. The summed E-state index contributed by atoms with van der Waals surface area (Å²) in [5.41, 5.74) is 7.76. The lowest BCUT2D eigenvalue weighted by Gasteiger charge is -2.04. The Morgan fingerprint density at radius 1 is 1.27 bits per heavy atom. The van der Waals surface area contributed by atoms with Gasteiger partial charge in [0, 0.05) is 25.8 Å². The molecule has 1 aromatic carbocycles. The van der Waals surface area contributed by atoms with E-state index < -0.39 is 0 Å². The summed E-state index contributed by atoms with van der Waals surface area (Å²) in [6, 6.07) is 3.47. The van der Waals surface area contributed by atoms with Gasteiger partial charge in [0.05, 0.1) is 12.6 Å². The van der Waals surface area contributed by atoms with Gasteiger partial charge in [-0.25, -0.2) is 4.79 Å². The molecule has 2 rings (SSSR count). The SMILES string of the molecule is COc1cc(N)cc2c1n(C)c(=O)n2C. The largest absolute Gasteiger partial charge is 0.494 e. The number of fused-ring (bicyclic) bond motifs is 1. The van der Waals surface area contributed by atoms with Crippen molar-refractivity contribution in [1.82, 2.24) is 9.13 Å². The molecule has 0 amide bonds. The predicted octanol–water partition coefficient (Wildman–Crippen LogP) is 0.468. The van der Waals surface area contributed by atoms with Crippen molar-refractivity contribution < 1.29 is 4.74 Å². The zero-order valence-corrected chi connectivity index (χ0v) is 8.94. The second kappa shape index (κ2) is 3.05. The molecule has 0 aliphatic rings. The third-order valence-electron chi connectivity index (χ3n) is 2.57. The first-order valence-electron chi connectivity index (χ1n) is 4.55. The van der Waals surface area contributed by atoms with Crippen molar-refractivity contribution in [2.45, 2.75) is 0 Å². The van der Waals surface area contributed by atoms with Crippen LogP contribution in [0.25, 0.3) is 11.0 Å². The highest BCUT2D eigenvalue weighted by atomic mass is 16.5. The molecule has 15 heavy (non-hydrogen) atoms. The van der Waals surface area contributed by atoms with Crippen molar-refractivity contribution in [1.29, 1.82) is 0 Å². The molecule has 0 aliphatic heterocycles. The molecule has 0 unspecified atom stereocenters. The van der Waals surface area contributed by atoms with Crippen LogP contribution in [-0.4, -0.2) is 16.2 Å². The smallest absolute Gasteiger partial charge is 0.328 e. The minimum absolute atomic E-state index is 0.0890. The number of aryl methyl sites for hydroxylation is 2. The molecule has 0 saturated carbocycles. The summed E-state index contributed by atoms with van der Waals surface area (Å²) in [4.78, 5) is 11.7. The van der Waals surface area contributed by atoms with Gasteiger partial charge in [-0.05, 0) is 6.07 Å². The molecule has 0 atom stereocenters. The van der Waals surface area contributed by atoms with Crippen molar-refractivity contribution in [3.05, 3.63) is 22.6 Å². The highest BCUT2D eigenvalue weighted by Gasteiger charge is 2.12. The summed E-state index contributed by atoms with van der Waals surface area (Å²) in [6.07, 6.45) is 0. The standard InChI is InChI=1S/C10H13N3O2/c1-12-7-4-6(11)5-8(15-3)9(7)13(2)10(12)14/h4-5H,11H2,1-3H3. The molecular formula is C10H13N3O2. The molecule has 80 valence electrons. The number of hydrogen-bond acceptors (Lipinski definition) is 3. The fourth-order valence-corrected chi connectivity index (χ4v) is 1.79. The Labute approximate surface area is 86.7 Å². The maximum Gasteiger partial charge on any atom is 0.328 e. The molecule has 5 heteroatoms. The number of nitrogens with two attached hydrogens (primary N) is 1. The Morgan fingerprint density at radius 3 is 2.53 bits per heavy atom. The van der Waals surface area contributed by atoms with Gasteiger partial charge in [-0.15, -0.1) is 0 Å². The van der Waals surface area contributed by atoms with Crippen molar-refractivity contribution in [3.63, 3.8) is 0 Å². The average Bonchev–Trinajstić information content (AvgIpc) is 2.43. The van der Waals surface area contributed by atoms with Gasteiger partial charge >= 0.3 is 5.69 Å². The summed E-state index contributed by atoms with van der Waals surface area (Å²) >= 11 is 0. The van der Waals surface area contributed by atoms with Crippen molar-refractivity contribution >= 4 is 16.7 Å². The van der Waals surface area contributed by atoms with Crippen molar-refractivity contribution in [3.8, 4) is 5.75 Å². The second-order valence-corrected chi connectivity index (χ2v) is 3.49. The molecule has 1 heterocycles. The maximum atomic E-state index is 11.7. The van der Waals surface area contributed by atoms with Crippen LogP contribution in [-0.2, 0) is 14.1 Å². The fraction of sp³-hybridized carbons (Fsp3) is 0.300. The third-order valence-corrected chi connectivity index (χ3v) is 2.57. The van der Waals surface area contributed by atoms with E-state index in [0.29, 0.717) is 11.4 Å². The number of methoxy groups -OCH3 is 1. The number of aromatic nitrogens is 2. The van der Waals surface area contributed by atoms with Crippen LogP contribution in [0.3, 0.4) is 0 Å². The number of benzene rings is 1. The van der Waals surface area contributed by atoms with Crippen molar-refractivity contribution in [2.24, 2.45) is 14.1 Å². The molecule has 2 N–H and O–H groups in total. The van der Waals surface area contributed by atoms with Crippen LogP contribution in [0.4, 0.5) is 5.69 Å². The predicted molar refractivity (Wildman–Crippen MR) is 59.1 cm³/mol. The van der Waals surface area contributed by atoms with Gasteiger partial charge < -0.3 is 10.5 Å². The molecule has 1 aromatic heterocycles. The molecule has 0 bridgehead atoms. The van der Waals surface area contributed by atoms with E-state index >= 15 is 0 Å². The third kappa shape index (κ3) is 1.20. The topological polar surface area (TPSA) is 62.2 Å². The fourth-order valence-electron chi connectivity index (χ4n) is 1.79. The Kier molecular flexibility index (Phi) is 1.96. The summed E-state index contributed by atoms with van der Waals surface area (Å²) in [5, 5.41) is 0. The highest BCUT2D eigenvalue weighted by Crippen LogP contribution is 2.27. The van der Waals surface area contributed by atoms with Gasteiger partial charge in [-0.3, -0.25) is 9.13 Å². The van der Waals surface area contributed by atoms with E-state index in [2.05, 4.69) is 0 Å². The molecule has 0 aliphatic carbocycles. The van der Waals surface area contributed by atoms with Crippen LogP contribution in [0, 0.1) is 0 Å². The minimum Gasteiger partial charge on any atom is -0.494 e. The van der Waals surface area contributed by atoms with Crippen LogP contribution >= 0.6 is 0 Å². The first kappa shape index (κ1) is 9.64. The van der Waals surface area contributed by atoms with Crippen LogP contribution in [0.2, 0.25) is 0 Å². The summed E-state index contributed by atoms with van der Waals surface area (Å²) in [6.45, 7) is 0. The van der Waals surface area contributed by atoms with Gasteiger partial charge in [0.2, 0.25) is 0 Å². The number of imidazole rings is 1. The quantitative estimate of drug-likeness (QED) is 0.691. The van der Waals surface area contributed by atoms with Crippen LogP contribution in [0.15, 0.2) is 16.9 Å². The lowest BCUT2D eigenvalue weighted by Crippen LogP contribution is -2.19. The zero-order chi connectivity index (χ0) is 11.2. The number of nitrogen functional groups attached to an aromatic ring is 1. The average molecular weight is 207 g/mol. The Hall–Kier alpha value is -1.91. The van der Waals surface area contributed by atoms with Crippen LogP contribution in [0.1, 0.15) is 0 Å². The number of anilines is 1. The van der Waals surface area contributed by atoms with Crippen molar-refractivity contribution in [2.75, 3.05) is 12.8 Å². The minimum atomic E-state index is -0.0890. The van der Waals surface area contributed by atoms with Crippen LogP contribution < -0.4 is 16.2 Å². The van der Waals surface area contributed by atoms with Gasteiger partial charge in [-0.2, -0.15) is 0 Å². The number of rotatable bonds is 1. The van der Waals surface area contributed by atoms with Crippen LogP contribution in [0.5, 0.6) is 5.75 Å². The summed E-state index contributed by atoms with van der Waals surface area (Å²) in [7, 11) is 4.98. The zero-order valence-electron chi connectivity index (χ0n) is 8.94. The molecular weight excluding hydrogens is 194 g/mol. The summed E-state index contributed by atoms with van der Waals surface area (Å²) < 4.78 is 8.30. The molecule has 0 fully saturated rings. The first-order valence-corrected chi connectivity index (χ1v) is 4.55. The number of hydrogen-bond donors (Lipinski definition) is 1. The van der Waals surface area contributed by atoms with Gasteiger partial charge in [-0.1, -0.05) is 0 Å². The Balaban J connectivity index is 3.03. The normalized spacial score (nSPS) is 10.9.